The minimum absolute atomic E-state index is 0.0527. The van der Waals surface area contributed by atoms with Gasteiger partial charge in [-0.2, -0.15) is 0 Å². The van der Waals surface area contributed by atoms with Crippen LogP contribution in [0.25, 0.3) is 0 Å². The molecule has 3 aromatic rings. The van der Waals surface area contributed by atoms with E-state index in [1.165, 1.54) is 78.0 Å². The van der Waals surface area contributed by atoms with Gasteiger partial charge in [0.15, 0.2) is 0 Å². The second kappa shape index (κ2) is 12.9. The number of fused-ring (bicyclic) bond motifs is 4. The summed E-state index contributed by atoms with van der Waals surface area (Å²) in [4.78, 5) is 5.59. The molecular formula is C47H59BN2. The van der Waals surface area contributed by atoms with E-state index in [4.69, 9.17) is 0 Å². The Labute approximate surface area is 303 Å². The van der Waals surface area contributed by atoms with Crippen LogP contribution >= 0.6 is 0 Å². The minimum Gasteiger partial charge on any atom is -0.335 e. The lowest BCUT2D eigenvalue weighted by Gasteiger charge is -2.56. The van der Waals surface area contributed by atoms with E-state index in [-0.39, 0.29) is 5.41 Å². The van der Waals surface area contributed by atoms with Crippen molar-refractivity contribution in [3.05, 3.63) is 113 Å². The van der Waals surface area contributed by atoms with Gasteiger partial charge in [0, 0.05) is 34.8 Å². The van der Waals surface area contributed by atoms with Crippen LogP contribution in [0.2, 0.25) is 5.82 Å². The molecule has 0 fully saturated rings. The first kappa shape index (κ1) is 33.7. The Morgan fingerprint density at radius 1 is 0.800 bits per heavy atom. The van der Waals surface area contributed by atoms with Gasteiger partial charge in [0.1, 0.15) is 0 Å². The zero-order valence-corrected chi connectivity index (χ0v) is 32.0. The molecule has 2 aliphatic heterocycles. The Morgan fingerprint density at radius 2 is 1.48 bits per heavy atom. The van der Waals surface area contributed by atoms with Gasteiger partial charge in [-0.15, -0.1) is 0 Å². The highest BCUT2D eigenvalue weighted by Crippen LogP contribution is 2.54. The smallest absolute Gasteiger partial charge is 0.217 e. The van der Waals surface area contributed by atoms with E-state index in [0.717, 1.165) is 0 Å². The number of hydrogen-bond acceptors (Lipinski definition) is 2. The van der Waals surface area contributed by atoms with E-state index < -0.39 is 0 Å². The molecule has 0 saturated heterocycles. The van der Waals surface area contributed by atoms with E-state index in [1.807, 2.05) is 0 Å². The van der Waals surface area contributed by atoms with Crippen molar-refractivity contribution in [2.75, 3.05) is 9.80 Å². The quantitative estimate of drug-likeness (QED) is 0.191. The summed E-state index contributed by atoms with van der Waals surface area (Å²) in [5.74, 6) is 3.57. The third kappa shape index (κ3) is 5.62. The van der Waals surface area contributed by atoms with Crippen LogP contribution < -0.4 is 15.3 Å². The molecule has 2 heterocycles. The van der Waals surface area contributed by atoms with Gasteiger partial charge in [-0.05, 0) is 139 Å². The van der Waals surface area contributed by atoms with Gasteiger partial charge in [-0.1, -0.05) is 114 Å². The van der Waals surface area contributed by atoms with Crippen molar-refractivity contribution in [1.82, 2.24) is 0 Å². The molecule has 0 bridgehead atoms. The van der Waals surface area contributed by atoms with Crippen LogP contribution in [0.4, 0.5) is 22.7 Å². The summed E-state index contributed by atoms with van der Waals surface area (Å²) in [6, 6.07) is 25.1. The van der Waals surface area contributed by atoms with E-state index in [2.05, 4.69) is 156 Å². The molecule has 0 amide bonds. The molecule has 0 N–H and O–H groups in total. The van der Waals surface area contributed by atoms with E-state index in [9.17, 15) is 0 Å². The molecular weight excluding hydrogens is 603 g/mol. The zero-order valence-electron chi connectivity index (χ0n) is 32.0. The summed E-state index contributed by atoms with van der Waals surface area (Å²) in [7, 11) is 0. The third-order valence-electron chi connectivity index (χ3n) is 13.7. The third-order valence-corrected chi connectivity index (χ3v) is 13.7. The Kier molecular flexibility index (Phi) is 8.72. The normalized spacial score (nSPS) is 27.3. The summed E-state index contributed by atoms with van der Waals surface area (Å²) in [6.45, 7) is 19.7. The molecule has 3 aromatic carbocycles. The first-order valence-corrected chi connectivity index (χ1v) is 20.0. The molecule has 6 unspecified atom stereocenters. The van der Waals surface area contributed by atoms with Crippen LogP contribution in [0.15, 0.2) is 96.5 Å². The average Bonchev–Trinajstić information content (AvgIpc) is 3.12. The van der Waals surface area contributed by atoms with E-state index >= 15 is 0 Å². The van der Waals surface area contributed by atoms with Crippen LogP contribution in [0, 0.1) is 30.6 Å². The van der Waals surface area contributed by atoms with Gasteiger partial charge in [-0.3, -0.25) is 0 Å². The number of aryl methyl sites for hydroxylation is 1. The molecule has 3 aliphatic carbocycles. The largest absolute Gasteiger partial charge is 0.335 e. The van der Waals surface area contributed by atoms with Crippen molar-refractivity contribution in [2.45, 2.75) is 123 Å². The molecule has 0 radical (unpaired) electrons. The first-order chi connectivity index (χ1) is 24.0. The minimum atomic E-state index is 0.0527. The van der Waals surface area contributed by atoms with Gasteiger partial charge in [-0.25, -0.2) is 0 Å². The van der Waals surface area contributed by atoms with Gasteiger partial charge in [0.2, 0.25) is 6.71 Å². The molecule has 8 rings (SSSR count). The van der Waals surface area contributed by atoms with Crippen LogP contribution in [0.1, 0.15) is 110 Å². The van der Waals surface area contributed by atoms with Gasteiger partial charge >= 0.3 is 0 Å². The van der Waals surface area contributed by atoms with Gasteiger partial charge in [0.05, 0.1) is 0 Å². The predicted octanol–water partition coefficient (Wildman–Crippen LogP) is 12.0. The SMILES string of the molecule is Cc1ccc(N2c3cc(C(C)(C)C4CC=CCC4)cc4c3B(C3=CC(C(C)C)CCC3N4c3ccc(C(C)C)cc3)C3CC(C)C=CC32)cc1. The number of anilines is 4. The monoisotopic (exact) mass is 662 g/mol. The maximum absolute atomic E-state index is 2.82. The Balaban J connectivity index is 1.43. The number of benzene rings is 3. The summed E-state index contributed by atoms with van der Waals surface area (Å²) >= 11 is 0. The highest BCUT2D eigenvalue weighted by Gasteiger charge is 2.53. The fraction of sp³-hybridized carbons (Fsp3) is 0.489. The highest BCUT2D eigenvalue weighted by molar-refractivity contribution is 6.85. The van der Waals surface area contributed by atoms with E-state index in [1.54, 1.807) is 10.9 Å². The first-order valence-electron chi connectivity index (χ1n) is 20.0. The lowest BCUT2D eigenvalue weighted by atomic mass is 9.26. The molecule has 6 atom stereocenters. The fourth-order valence-electron chi connectivity index (χ4n) is 10.5. The second-order valence-electron chi connectivity index (χ2n) is 17.9. The molecule has 3 heteroatoms. The van der Waals surface area contributed by atoms with Crippen molar-refractivity contribution in [2.24, 2.45) is 23.7 Å². The Bertz CT molecular complexity index is 1810. The molecule has 0 saturated carbocycles. The Hall–Kier alpha value is -3.46. The predicted molar refractivity (Wildman–Crippen MR) is 217 cm³/mol. The average molecular weight is 663 g/mol. The van der Waals surface area contributed by atoms with Gasteiger partial charge < -0.3 is 9.80 Å². The Morgan fingerprint density at radius 3 is 2.14 bits per heavy atom. The number of allylic oxidation sites excluding steroid dienone is 4. The summed E-state index contributed by atoms with van der Waals surface area (Å²) < 4.78 is 0. The van der Waals surface area contributed by atoms with Crippen molar-refractivity contribution in [1.29, 1.82) is 0 Å². The molecule has 260 valence electrons. The lowest BCUT2D eigenvalue weighted by molar-refractivity contribution is 0.295. The molecule has 50 heavy (non-hydrogen) atoms. The topological polar surface area (TPSA) is 6.48 Å². The van der Waals surface area contributed by atoms with E-state index in [0.29, 0.717) is 54.2 Å². The number of hydrogen-bond donors (Lipinski definition) is 0. The van der Waals surface area contributed by atoms with Gasteiger partial charge in [0.25, 0.3) is 0 Å². The summed E-state index contributed by atoms with van der Waals surface area (Å²) in [6.07, 6.45) is 20.1. The maximum Gasteiger partial charge on any atom is 0.217 e. The zero-order chi connectivity index (χ0) is 34.9. The molecule has 0 aromatic heterocycles. The van der Waals surface area contributed by atoms with Crippen molar-refractivity contribution >= 4 is 34.9 Å². The molecule has 2 nitrogen and oxygen atoms in total. The molecule has 0 spiro atoms. The van der Waals surface area contributed by atoms with Crippen molar-refractivity contribution in [3.63, 3.8) is 0 Å². The number of rotatable bonds is 6. The second-order valence-corrected chi connectivity index (χ2v) is 17.9. The van der Waals surface area contributed by atoms with Crippen molar-refractivity contribution in [3.8, 4) is 0 Å². The highest BCUT2D eigenvalue weighted by atomic mass is 15.2. The van der Waals surface area contributed by atoms with Crippen molar-refractivity contribution < 1.29 is 0 Å². The standard InChI is InChI=1S/C47H59BN2/c1-30(2)34-17-22-39(23-18-34)50-43-25-19-35(31(3)4)27-41(43)48-40-26-33(6)16-24-42(40)49(38-20-14-32(5)15-21-38)44-28-37(29-45(50)46(44)48)47(7,8)36-12-10-9-11-13-36/h9-10,14-18,20-24,27-31,33,35-36,40,42-43H,11-13,19,25-26H2,1-8H3. The van der Waals surface area contributed by atoms with Crippen LogP contribution in [-0.2, 0) is 5.41 Å². The van der Waals surface area contributed by atoms with Crippen LogP contribution in [0.5, 0.6) is 0 Å². The van der Waals surface area contributed by atoms with Crippen LogP contribution in [-0.4, -0.2) is 18.8 Å². The fourth-order valence-corrected chi connectivity index (χ4v) is 10.5. The van der Waals surface area contributed by atoms with Crippen LogP contribution in [0.3, 0.4) is 0 Å². The maximum atomic E-state index is 2.82. The summed E-state index contributed by atoms with van der Waals surface area (Å²) in [5, 5.41) is 0. The lowest BCUT2D eigenvalue weighted by Crippen LogP contribution is -2.62. The molecule has 5 aliphatic rings. The summed E-state index contributed by atoms with van der Waals surface area (Å²) in [5.41, 5.74) is 13.2. The number of nitrogens with zero attached hydrogens (tertiary/aromatic N) is 2.